The molecule has 0 radical (unpaired) electrons. The van der Waals surface area contributed by atoms with Crippen molar-refractivity contribution in [2.24, 2.45) is 5.73 Å². The standard InChI is InChI=1S/C15H17BrN2/c1-18(11-13-3-2-4-14(16)9-13)15-7-5-12(10-17)6-8-15/h2-9H,10-11,17H2,1H3. The van der Waals surface area contributed by atoms with Gasteiger partial charge in [0.15, 0.2) is 0 Å². The largest absolute Gasteiger partial charge is 0.370 e. The smallest absolute Gasteiger partial charge is 0.0426 e. The van der Waals surface area contributed by atoms with Crippen molar-refractivity contribution in [1.82, 2.24) is 0 Å². The molecule has 94 valence electrons. The molecule has 2 N–H and O–H groups in total. The Kier molecular flexibility index (Phi) is 4.39. The number of hydrogen-bond acceptors (Lipinski definition) is 2. The average Bonchev–Trinajstić information content (AvgIpc) is 2.39. The summed E-state index contributed by atoms with van der Waals surface area (Å²) in [6.45, 7) is 1.48. The minimum absolute atomic E-state index is 0.593. The van der Waals surface area contributed by atoms with E-state index in [1.807, 2.05) is 6.07 Å². The number of benzene rings is 2. The van der Waals surface area contributed by atoms with Crippen molar-refractivity contribution in [3.63, 3.8) is 0 Å². The van der Waals surface area contributed by atoms with Crippen molar-refractivity contribution >= 4 is 21.6 Å². The van der Waals surface area contributed by atoms with Gasteiger partial charge >= 0.3 is 0 Å². The van der Waals surface area contributed by atoms with Crippen LogP contribution in [0.5, 0.6) is 0 Å². The molecule has 2 aromatic rings. The van der Waals surface area contributed by atoms with Crippen LogP contribution in [0.4, 0.5) is 5.69 Å². The Morgan fingerprint density at radius 1 is 1.06 bits per heavy atom. The van der Waals surface area contributed by atoms with Crippen molar-refractivity contribution in [1.29, 1.82) is 0 Å². The molecule has 2 rings (SSSR count). The molecule has 0 aromatic heterocycles. The molecule has 0 aliphatic carbocycles. The third-order valence-corrected chi connectivity index (χ3v) is 3.41. The molecular weight excluding hydrogens is 288 g/mol. The molecule has 2 aromatic carbocycles. The Hall–Kier alpha value is -1.32. The first kappa shape index (κ1) is 13.1. The van der Waals surface area contributed by atoms with Crippen LogP contribution < -0.4 is 10.6 Å². The minimum Gasteiger partial charge on any atom is -0.370 e. The molecule has 0 aliphatic heterocycles. The molecule has 0 amide bonds. The zero-order chi connectivity index (χ0) is 13.0. The third kappa shape index (κ3) is 3.34. The van der Waals surface area contributed by atoms with Crippen LogP contribution in [0.25, 0.3) is 0 Å². The van der Waals surface area contributed by atoms with Crippen LogP contribution in [-0.4, -0.2) is 7.05 Å². The van der Waals surface area contributed by atoms with Gasteiger partial charge in [-0.1, -0.05) is 40.2 Å². The second kappa shape index (κ2) is 6.03. The lowest BCUT2D eigenvalue weighted by Crippen LogP contribution is -2.16. The maximum Gasteiger partial charge on any atom is 0.0426 e. The van der Waals surface area contributed by atoms with Crippen LogP contribution >= 0.6 is 15.9 Å². The summed E-state index contributed by atoms with van der Waals surface area (Å²) in [7, 11) is 2.10. The maximum absolute atomic E-state index is 5.60. The molecular formula is C15H17BrN2. The van der Waals surface area contributed by atoms with Crippen molar-refractivity contribution in [3.05, 3.63) is 64.1 Å². The number of nitrogens with zero attached hydrogens (tertiary/aromatic N) is 1. The van der Waals surface area contributed by atoms with E-state index in [9.17, 15) is 0 Å². The highest BCUT2D eigenvalue weighted by molar-refractivity contribution is 9.10. The van der Waals surface area contributed by atoms with Gasteiger partial charge in [-0.15, -0.1) is 0 Å². The molecule has 0 aliphatic rings. The van der Waals surface area contributed by atoms with Gasteiger partial charge in [0.1, 0.15) is 0 Å². The highest BCUT2D eigenvalue weighted by Crippen LogP contribution is 2.18. The molecule has 0 unspecified atom stereocenters. The monoisotopic (exact) mass is 304 g/mol. The molecule has 0 saturated carbocycles. The molecule has 18 heavy (non-hydrogen) atoms. The van der Waals surface area contributed by atoms with E-state index in [1.54, 1.807) is 0 Å². The first-order chi connectivity index (χ1) is 8.69. The molecule has 3 heteroatoms. The van der Waals surface area contributed by atoms with Crippen LogP contribution in [0, 0.1) is 0 Å². The number of nitrogens with two attached hydrogens (primary N) is 1. The summed E-state index contributed by atoms with van der Waals surface area (Å²) in [5, 5.41) is 0. The Labute approximate surface area is 117 Å². The lowest BCUT2D eigenvalue weighted by molar-refractivity contribution is 0.920. The van der Waals surface area contributed by atoms with Crippen LogP contribution in [0.15, 0.2) is 53.0 Å². The Balaban J connectivity index is 2.09. The third-order valence-electron chi connectivity index (χ3n) is 2.92. The number of anilines is 1. The predicted octanol–water partition coefficient (Wildman–Crippen LogP) is 3.54. The van der Waals surface area contributed by atoms with E-state index in [0.29, 0.717) is 6.54 Å². The molecule has 0 atom stereocenters. The SMILES string of the molecule is CN(Cc1cccc(Br)c1)c1ccc(CN)cc1. The van der Waals surface area contributed by atoms with Crippen molar-refractivity contribution in [2.45, 2.75) is 13.1 Å². The highest BCUT2D eigenvalue weighted by Gasteiger charge is 2.02. The Morgan fingerprint density at radius 3 is 2.39 bits per heavy atom. The van der Waals surface area contributed by atoms with Gasteiger partial charge in [0, 0.05) is 30.3 Å². The zero-order valence-electron chi connectivity index (χ0n) is 10.4. The second-order valence-electron chi connectivity index (χ2n) is 4.36. The predicted molar refractivity (Wildman–Crippen MR) is 80.6 cm³/mol. The van der Waals surface area contributed by atoms with E-state index in [1.165, 1.54) is 11.3 Å². The van der Waals surface area contributed by atoms with Crippen molar-refractivity contribution < 1.29 is 0 Å². The summed E-state index contributed by atoms with van der Waals surface area (Å²) in [5.74, 6) is 0. The van der Waals surface area contributed by atoms with Crippen LogP contribution in [-0.2, 0) is 13.1 Å². The number of halogens is 1. The van der Waals surface area contributed by atoms with Gasteiger partial charge in [-0.3, -0.25) is 0 Å². The van der Waals surface area contributed by atoms with Gasteiger partial charge in [-0.05, 0) is 35.4 Å². The highest BCUT2D eigenvalue weighted by atomic mass is 79.9. The molecule has 0 saturated heterocycles. The molecule has 0 fully saturated rings. The summed E-state index contributed by atoms with van der Waals surface area (Å²) < 4.78 is 1.12. The van der Waals surface area contributed by atoms with Gasteiger partial charge in [-0.2, -0.15) is 0 Å². The molecule has 0 heterocycles. The second-order valence-corrected chi connectivity index (χ2v) is 5.27. The quantitative estimate of drug-likeness (QED) is 0.936. The summed E-state index contributed by atoms with van der Waals surface area (Å²) in [5.41, 5.74) is 9.25. The Bertz CT molecular complexity index is 508. The van der Waals surface area contributed by atoms with Crippen molar-refractivity contribution in [3.8, 4) is 0 Å². The van der Waals surface area contributed by atoms with Crippen molar-refractivity contribution in [2.75, 3.05) is 11.9 Å². The molecule has 0 spiro atoms. The zero-order valence-corrected chi connectivity index (χ0v) is 12.0. The summed E-state index contributed by atoms with van der Waals surface area (Å²) in [4.78, 5) is 2.22. The normalized spacial score (nSPS) is 10.4. The lowest BCUT2D eigenvalue weighted by Gasteiger charge is -2.19. The van der Waals surface area contributed by atoms with Crippen LogP contribution in [0.2, 0.25) is 0 Å². The van der Waals surface area contributed by atoms with E-state index in [0.717, 1.165) is 16.6 Å². The van der Waals surface area contributed by atoms with Gasteiger partial charge < -0.3 is 10.6 Å². The summed E-state index contributed by atoms with van der Waals surface area (Å²) >= 11 is 3.49. The van der Waals surface area contributed by atoms with E-state index in [4.69, 9.17) is 5.73 Å². The van der Waals surface area contributed by atoms with Gasteiger partial charge in [0.25, 0.3) is 0 Å². The summed E-state index contributed by atoms with van der Waals surface area (Å²) in [6, 6.07) is 16.8. The maximum atomic E-state index is 5.60. The number of hydrogen-bond donors (Lipinski definition) is 1. The number of rotatable bonds is 4. The molecule has 0 bridgehead atoms. The van der Waals surface area contributed by atoms with E-state index in [-0.39, 0.29) is 0 Å². The fraction of sp³-hybridized carbons (Fsp3) is 0.200. The fourth-order valence-electron chi connectivity index (χ4n) is 1.89. The van der Waals surface area contributed by atoms with E-state index >= 15 is 0 Å². The van der Waals surface area contributed by atoms with Crippen LogP contribution in [0.1, 0.15) is 11.1 Å². The average molecular weight is 305 g/mol. The summed E-state index contributed by atoms with van der Waals surface area (Å²) in [6.07, 6.45) is 0. The lowest BCUT2D eigenvalue weighted by atomic mass is 10.1. The van der Waals surface area contributed by atoms with Gasteiger partial charge in [0.05, 0.1) is 0 Å². The van der Waals surface area contributed by atoms with Crippen LogP contribution in [0.3, 0.4) is 0 Å². The minimum atomic E-state index is 0.593. The topological polar surface area (TPSA) is 29.3 Å². The first-order valence-corrected chi connectivity index (χ1v) is 6.73. The van der Waals surface area contributed by atoms with E-state index in [2.05, 4.69) is 70.3 Å². The van der Waals surface area contributed by atoms with Gasteiger partial charge in [0.2, 0.25) is 0 Å². The fourth-order valence-corrected chi connectivity index (χ4v) is 2.33. The first-order valence-electron chi connectivity index (χ1n) is 5.93. The molecule has 2 nitrogen and oxygen atoms in total. The van der Waals surface area contributed by atoms with Gasteiger partial charge in [-0.25, -0.2) is 0 Å². The van der Waals surface area contributed by atoms with E-state index < -0.39 is 0 Å². The Morgan fingerprint density at radius 2 is 1.78 bits per heavy atom.